The second-order valence-corrected chi connectivity index (χ2v) is 7.98. The van der Waals surface area contributed by atoms with Crippen LogP contribution in [0.4, 0.5) is 11.5 Å². The van der Waals surface area contributed by atoms with E-state index in [0.29, 0.717) is 12.6 Å². The van der Waals surface area contributed by atoms with Crippen molar-refractivity contribution in [1.82, 2.24) is 9.78 Å². The normalized spacial score (nSPS) is 18.8. The largest absolute Gasteiger partial charge is 0.360 e. The van der Waals surface area contributed by atoms with Crippen LogP contribution in [0, 0.1) is 0 Å². The molecular formula is C20H27ClN5O+. The smallest absolute Gasteiger partial charge is 0.280 e. The highest BCUT2D eigenvalue weighted by atomic mass is 35.5. The van der Waals surface area contributed by atoms with Gasteiger partial charge in [0, 0.05) is 16.8 Å². The van der Waals surface area contributed by atoms with Crippen molar-refractivity contribution in [2.75, 3.05) is 42.9 Å². The average molecular weight is 389 g/mol. The number of piperazine rings is 1. The SMILES string of the molecule is O=C(C[NH+]1CCN(c2cccc(Cl)c2)CC1)Nc1ccnn1C1CCCC1. The first kappa shape index (κ1) is 18.3. The van der Waals surface area contributed by atoms with Crippen molar-refractivity contribution in [3.63, 3.8) is 0 Å². The highest BCUT2D eigenvalue weighted by Crippen LogP contribution is 2.31. The van der Waals surface area contributed by atoms with Gasteiger partial charge in [-0.15, -0.1) is 0 Å². The number of benzene rings is 1. The Bertz CT molecular complexity index is 778. The number of nitrogens with zero attached hydrogens (tertiary/aromatic N) is 3. The number of hydrogen-bond donors (Lipinski definition) is 2. The number of carbonyl (C=O) groups excluding carboxylic acids is 1. The van der Waals surface area contributed by atoms with Gasteiger partial charge in [0.05, 0.1) is 38.4 Å². The number of halogens is 1. The van der Waals surface area contributed by atoms with E-state index in [-0.39, 0.29) is 5.91 Å². The van der Waals surface area contributed by atoms with E-state index in [2.05, 4.69) is 21.4 Å². The number of hydrogen-bond acceptors (Lipinski definition) is 3. The Hall–Kier alpha value is -2.05. The lowest BCUT2D eigenvalue weighted by atomic mass is 10.2. The van der Waals surface area contributed by atoms with Crippen molar-refractivity contribution in [2.24, 2.45) is 0 Å². The fourth-order valence-electron chi connectivity index (χ4n) is 4.20. The zero-order chi connectivity index (χ0) is 18.6. The third kappa shape index (κ3) is 4.45. The number of aromatic nitrogens is 2. The molecule has 144 valence electrons. The summed E-state index contributed by atoms with van der Waals surface area (Å²) in [6.45, 7) is 4.26. The minimum Gasteiger partial charge on any atom is -0.360 e. The van der Waals surface area contributed by atoms with Crippen LogP contribution in [-0.2, 0) is 4.79 Å². The molecule has 1 saturated heterocycles. The third-order valence-corrected chi connectivity index (χ3v) is 5.90. The van der Waals surface area contributed by atoms with Gasteiger partial charge in [-0.25, -0.2) is 4.68 Å². The molecule has 2 fully saturated rings. The van der Waals surface area contributed by atoms with Gasteiger partial charge in [-0.1, -0.05) is 30.5 Å². The van der Waals surface area contributed by atoms with Crippen LogP contribution >= 0.6 is 11.6 Å². The number of amides is 1. The number of quaternary nitrogens is 1. The lowest BCUT2D eigenvalue weighted by Crippen LogP contribution is -3.15. The van der Waals surface area contributed by atoms with Crippen LogP contribution in [0.3, 0.4) is 0 Å². The predicted octanol–water partition coefficient (Wildman–Crippen LogP) is 2.00. The summed E-state index contributed by atoms with van der Waals surface area (Å²) in [5.74, 6) is 0.907. The Morgan fingerprint density at radius 3 is 2.74 bits per heavy atom. The molecule has 1 saturated carbocycles. The van der Waals surface area contributed by atoms with E-state index >= 15 is 0 Å². The molecule has 7 heteroatoms. The van der Waals surface area contributed by atoms with Gasteiger partial charge in [0.2, 0.25) is 0 Å². The van der Waals surface area contributed by atoms with Crippen molar-refractivity contribution in [3.8, 4) is 0 Å². The van der Waals surface area contributed by atoms with Crippen molar-refractivity contribution < 1.29 is 9.69 Å². The average Bonchev–Trinajstić information content (AvgIpc) is 3.33. The number of carbonyl (C=O) groups is 1. The summed E-state index contributed by atoms with van der Waals surface area (Å²) in [7, 11) is 0. The van der Waals surface area contributed by atoms with Gasteiger partial charge in [-0.05, 0) is 31.0 Å². The molecule has 2 heterocycles. The molecule has 2 N–H and O–H groups in total. The van der Waals surface area contributed by atoms with Gasteiger partial charge in [0.1, 0.15) is 5.82 Å². The topological polar surface area (TPSA) is 54.6 Å². The van der Waals surface area contributed by atoms with Gasteiger partial charge in [0.15, 0.2) is 6.54 Å². The Kier molecular flexibility index (Phi) is 5.64. The summed E-state index contributed by atoms with van der Waals surface area (Å²) in [5.41, 5.74) is 1.16. The highest BCUT2D eigenvalue weighted by molar-refractivity contribution is 6.30. The minimum absolute atomic E-state index is 0.0703. The van der Waals surface area contributed by atoms with Gasteiger partial charge < -0.3 is 15.1 Å². The summed E-state index contributed by atoms with van der Waals surface area (Å²) in [6.07, 6.45) is 6.59. The molecule has 1 aliphatic carbocycles. The molecule has 0 radical (unpaired) electrons. The van der Waals surface area contributed by atoms with E-state index in [1.165, 1.54) is 17.7 Å². The maximum atomic E-state index is 12.5. The Labute approximate surface area is 165 Å². The Balaban J connectivity index is 1.28. The Morgan fingerprint density at radius 2 is 2.00 bits per heavy atom. The molecular weight excluding hydrogens is 362 g/mol. The standard InChI is InChI=1S/C20H26ClN5O/c21-16-4-3-7-18(14-16)25-12-10-24(11-13-25)15-20(27)23-19-8-9-22-26(19)17-5-1-2-6-17/h3-4,7-9,14,17H,1-2,5-6,10-13,15H2,(H,23,27)/p+1. The molecule has 2 aliphatic rings. The molecule has 0 spiro atoms. The first-order valence-electron chi connectivity index (χ1n) is 9.86. The molecule has 0 atom stereocenters. The molecule has 4 rings (SSSR count). The lowest BCUT2D eigenvalue weighted by molar-refractivity contribution is -0.892. The van der Waals surface area contributed by atoms with Gasteiger partial charge in [-0.3, -0.25) is 4.79 Å². The van der Waals surface area contributed by atoms with E-state index < -0.39 is 0 Å². The summed E-state index contributed by atoms with van der Waals surface area (Å²) in [6, 6.07) is 10.3. The van der Waals surface area contributed by atoms with Gasteiger partial charge in [-0.2, -0.15) is 5.10 Å². The monoisotopic (exact) mass is 388 g/mol. The van der Waals surface area contributed by atoms with Crippen LogP contribution in [0.2, 0.25) is 5.02 Å². The molecule has 1 aliphatic heterocycles. The number of anilines is 2. The summed E-state index contributed by atoms with van der Waals surface area (Å²) in [4.78, 5) is 16.2. The van der Waals surface area contributed by atoms with Crippen LogP contribution in [0.1, 0.15) is 31.7 Å². The van der Waals surface area contributed by atoms with E-state index in [4.69, 9.17) is 11.6 Å². The zero-order valence-electron chi connectivity index (χ0n) is 15.5. The minimum atomic E-state index is 0.0703. The first-order chi connectivity index (χ1) is 13.2. The van der Waals surface area contributed by atoms with Gasteiger partial charge in [0.25, 0.3) is 5.91 Å². The van der Waals surface area contributed by atoms with Gasteiger partial charge >= 0.3 is 0 Å². The number of nitrogens with one attached hydrogen (secondary N) is 2. The Morgan fingerprint density at radius 1 is 1.22 bits per heavy atom. The third-order valence-electron chi connectivity index (χ3n) is 5.66. The van der Waals surface area contributed by atoms with E-state index in [0.717, 1.165) is 55.5 Å². The molecule has 6 nitrogen and oxygen atoms in total. The quantitative estimate of drug-likeness (QED) is 0.823. The van der Waals surface area contributed by atoms with Crippen molar-refractivity contribution in [3.05, 3.63) is 41.6 Å². The van der Waals surface area contributed by atoms with Crippen molar-refractivity contribution in [2.45, 2.75) is 31.7 Å². The van der Waals surface area contributed by atoms with Crippen molar-refractivity contribution in [1.29, 1.82) is 0 Å². The molecule has 0 bridgehead atoms. The maximum Gasteiger partial charge on any atom is 0.280 e. The first-order valence-corrected chi connectivity index (χ1v) is 10.2. The molecule has 1 aromatic heterocycles. The number of rotatable bonds is 5. The predicted molar refractivity (Wildman–Crippen MR) is 108 cm³/mol. The van der Waals surface area contributed by atoms with E-state index in [1.54, 1.807) is 6.20 Å². The highest BCUT2D eigenvalue weighted by Gasteiger charge is 2.24. The van der Waals surface area contributed by atoms with Crippen LogP contribution in [0.25, 0.3) is 0 Å². The van der Waals surface area contributed by atoms with E-state index in [1.807, 2.05) is 28.9 Å². The summed E-state index contributed by atoms with van der Waals surface area (Å²) in [5, 5.41) is 8.27. The van der Waals surface area contributed by atoms with Crippen molar-refractivity contribution >= 4 is 29.0 Å². The fourth-order valence-corrected chi connectivity index (χ4v) is 4.38. The molecule has 2 aromatic rings. The molecule has 1 aromatic carbocycles. The summed E-state index contributed by atoms with van der Waals surface area (Å²) < 4.78 is 2.00. The van der Waals surface area contributed by atoms with Crippen LogP contribution in [0.15, 0.2) is 36.5 Å². The maximum absolute atomic E-state index is 12.5. The van der Waals surface area contributed by atoms with Crippen LogP contribution < -0.4 is 15.1 Å². The molecule has 0 unspecified atom stereocenters. The summed E-state index contributed by atoms with van der Waals surface area (Å²) >= 11 is 6.10. The second kappa shape index (κ2) is 8.31. The van der Waals surface area contributed by atoms with E-state index in [9.17, 15) is 4.79 Å². The van der Waals surface area contributed by atoms with Crippen LogP contribution in [-0.4, -0.2) is 48.4 Å². The molecule has 1 amide bonds. The zero-order valence-corrected chi connectivity index (χ0v) is 16.3. The fraction of sp³-hybridized carbons (Fsp3) is 0.500. The lowest BCUT2D eigenvalue weighted by Gasteiger charge is -2.33. The molecule has 27 heavy (non-hydrogen) atoms. The second-order valence-electron chi connectivity index (χ2n) is 7.54. The van der Waals surface area contributed by atoms with Crippen LogP contribution in [0.5, 0.6) is 0 Å².